The molecule has 0 amide bonds. The number of nitrogens with one attached hydrogen (secondary N) is 1. The van der Waals surface area contributed by atoms with Crippen LogP contribution in [0, 0.1) is 12.8 Å². The molecule has 0 aliphatic heterocycles. The number of rotatable bonds is 6. The molecule has 86 valence electrons. The summed E-state index contributed by atoms with van der Waals surface area (Å²) >= 11 is 0. The molecule has 1 N–H and O–H groups in total. The molecule has 1 aromatic heterocycles. The minimum Gasteiger partial charge on any atom is -0.469 e. The Morgan fingerprint density at radius 1 is 1.40 bits per heavy atom. The molecule has 0 aromatic carbocycles. The van der Waals surface area contributed by atoms with E-state index < -0.39 is 0 Å². The van der Waals surface area contributed by atoms with Crippen molar-refractivity contribution in [3.05, 3.63) is 23.7 Å². The minimum absolute atomic E-state index is 0.437. The summed E-state index contributed by atoms with van der Waals surface area (Å²) in [5, 5.41) is 3.54. The molecule has 0 aliphatic carbocycles. The Morgan fingerprint density at radius 2 is 2.13 bits per heavy atom. The highest BCUT2D eigenvalue weighted by Crippen LogP contribution is 2.26. The molecule has 1 aromatic rings. The zero-order valence-electron chi connectivity index (χ0n) is 10.3. The molecule has 1 heterocycles. The minimum atomic E-state index is 0.437. The molecule has 15 heavy (non-hydrogen) atoms. The quantitative estimate of drug-likeness (QED) is 0.773. The van der Waals surface area contributed by atoms with Crippen LogP contribution in [-0.4, -0.2) is 6.54 Å². The molecule has 2 atom stereocenters. The zero-order valence-corrected chi connectivity index (χ0v) is 10.3. The summed E-state index contributed by atoms with van der Waals surface area (Å²) in [4.78, 5) is 0. The molecule has 0 spiro atoms. The van der Waals surface area contributed by atoms with Gasteiger partial charge < -0.3 is 9.73 Å². The molecular formula is C13H23NO. The average Bonchev–Trinajstić information content (AvgIpc) is 2.61. The van der Waals surface area contributed by atoms with E-state index in [2.05, 4.69) is 32.2 Å². The van der Waals surface area contributed by atoms with Crippen molar-refractivity contribution in [3.8, 4) is 0 Å². The van der Waals surface area contributed by atoms with E-state index in [1.54, 1.807) is 0 Å². The third-order valence-electron chi connectivity index (χ3n) is 2.85. The Kier molecular flexibility index (Phi) is 4.89. The van der Waals surface area contributed by atoms with Crippen LogP contribution in [0.3, 0.4) is 0 Å². The van der Waals surface area contributed by atoms with Gasteiger partial charge in [-0.3, -0.25) is 0 Å². The van der Waals surface area contributed by atoms with E-state index in [9.17, 15) is 0 Å². The predicted octanol–water partition coefficient (Wildman–Crippen LogP) is 3.67. The third kappa shape index (κ3) is 3.38. The SMILES string of the molecule is CCCC(C)C(NCC)c1coc(C)c1. The molecule has 2 heteroatoms. The fourth-order valence-corrected chi connectivity index (χ4v) is 2.12. The van der Waals surface area contributed by atoms with Crippen LogP contribution in [0.5, 0.6) is 0 Å². The van der Waals surface area contributed by atoms with Crippen LogP contribution in [-0.2, 0) is 0 Å². The highest BCUT2D eigenvalue weighted by molar-refractivity contribution is 5.17. The highest BCUT2D eigenvalue weighted by atomic mass is 16.3. The Hall–Kier alpha value is -0.760. The summed E-state index contributed by atoms with van der Waals surface area (Å²) in [7, 11) is 0. The fraction of sp³-hybridized carbons (Fsp3) is 0.692. The zero-order chi connectivity index (χ0) is 11.3. The van der Waals surface area contributed by atoms with Crippen molar-refractivity contribution in [3.63, 3.8) is 0 Å². The van der Waals surface area contributed by atoms with Gasteiger partial charge in [0, 0.05) is 11.6 Å². The van der Waals surface area contributed by atoms with Crippen molar-refractivity contribution < 1.29 is 4.42 Å². The van der Waals surface area contributed by atoms with Gasteiger partial charge in [-0.15, -0.1) is 0 Å². The second-order valence-electron chi connectivity index (χ2n) is 4.29. The third-order valence-corrected chi connectivity index (χ3v) is 2.85. The first-order valence-electron chi connectivity index (χ1n) is 5.97. The van der Waals surface area contributed by atoms with Crippen molar-refractivity contribution >= 4 is 0 Å². The van der Waals surface area contributed by atoms with Crippen LogP contribution in [0.4, 0.5) is 0 Å². The molecule has 0 aliphatic rings. The first kappa shape index (κ1) is 12.3. The monoisotopic (exact) mass is 209 g/mol. The van der Waals surface area contributed by atoms with Crippen LogP contribution in [0.2, 0.25) is 0 Å². The van der Waals surface area contributed by atoms with Crippen LogP contribution in [0.25, 0.3) is 0 Å². The van der Waals surface area contributed by atoms with Gasteiger partial charge in [-0.1, -0.05) is 27.2 Å². The van der Waals surface area contributed by atoms with Gasteiger partial charge in [0.25, 0.3) is 0 Å². The summed E-state index contributed by atoms with van der Waals surface area (Å²) < 4.78 is 5.38. The number of aryl methyl sites for hydroxylation is 1. The topological polar surface area (TPSA) is 25.2 Å². The van der Waals surface area contributed by atoms with Gasteiger partial charge in [0.2, 0.25) is 0 Å². The maximum absolute atomic E-state index is 5.38. The average molecular weight is 209 g/mol. The van der Waals surface area contributed by atoms with E-state index in [1.807, 2.05) is 13.2 Å². The largest absolute Gasteiger partial charge is 0.469 e. The number of furan rings is 1. The maximum Gasteiger partial charge on any atom is 0.101 e. The number of hydrogen-bond donors (Lipinski definition) is 1. The molecule has 0 saturated heterocycles. The van der Waals surface area contributed by atoms with E-state index in [0.29, 0.717) is 12.0 Å². The predicted molar refractivity (Wildman–Crippen MR) is 63.9 cm³/mol. The van der Waals surface area contributed by atoms with Crippen molar-refractivity contribution in [2.75, 3.05) is 6.54 Å². The van der Waals surface area contributed by atoms with Crippen LogP contribution in [0.15, 0.2) is 16.7 Å². The normalized spacial score (nSPS) is 15.2. The molecule has 0 fully saturated rings. The molecule has 2 nitrogen and oxygen atoms in total. The van der Waals surface area contributed by atoms with Crippen LogP contribution < -0.4 is 5.32 Å². The first-order valence-corrected chi connectivity index (χ1v) is 5.97. The lowest BCUT2D eigenvalue weighted by atomic mass is 9.92. The number of hydrogen-bond acceptors (Lipinski definition) is 2. The van der Waals surface area contributed by atoms with Crippen molar-refractivity contribution in [1.82, 2.24) is 5.32 Å². The van der Waals surface area contributed by atoms with Crippen LogP contribution in [0.1, 0.15) is 51.0 Å². The van der Waals surface area contributed by atoms with E-state index >= 15 is 0 Å². The standard InChI is InChI=1S/C13H23NO/c1-5-7-10(3)13(14-6-2)12-8-11(4)15-9-12/h8-10,13-14H,5-7H2,1-4H3. The van der Waals surface area contributed by atoms with Gasteiger partial charge in [0.05, 0.1) is 6.26 Å². The van der Waals surface area contributed by atoms with Gasteiger partial charge >= 0.3 is 0 Å². The summed E-state index contributed by atoms with van der Waals surface area (Å²) in [6.07, 6.45) is 4.37. The molecular weight excluding hydrogens is 186 g/mol. The molecule has 0 bridgehead atoms. The summed E-state index contributed by atoms with van der Waals surface area (Å²) in [5.41, 5.74) is 1.29. The van der Waals surface area contributed by atoms with E-state index in [4.69, 9.17) is 4.42 Å². The van der Waals surface area contributed by atoms with Crippen molar-refractivity contribution in [2.24, 2.45) is 5.92 Å². The summed E-state index contributed by atoms with van der Waals surface area (Å²) in [6.45, 7) is 9.69. The maximum atomic E-state index is 5.38. The Bertz CT molecular complexity index is 280. The van der Waals surface area contributed by atoms with Gasteiger partial charge in [0.15, 0.2) is 0 Å². The van der Waals surface area contributed by atoms with E-state index in [-0.39, 0.29) is 0 Å². The highest BCUT2D eigenvalue weighted by Gasteiger charge is 2.18. The van der Waals surface area contributed by atoms with E-state index in [1.165, 1.54) is 18.4 Å². The van der Waals surface area contributed by atoms with Crippen LogP contribution >= 0.6 is 0 Å². The molecule has 0 radical (unpaired) electrons. The molecule has 1 rings (SSSR count). The lowest BCUT2D eigenvalue weighted by Crippen LogP contribution is -2.26. The summed E-state index contributed by atoms with van der Waals surface area (Å²) in [6, 6.07) is 2.58. The van der Waals surface area contributed by atoms with Gasteiger partial charge in [0.1, 0.15) is 5.76 Å². The van der Waals surface area contributed by atoms with Crippen molar-refractivity contribution in [1.29, 1.82) is 0 Å². The van der Waals surface area contributed by atoms with Gasteiger partial charge in [-0.25, -0.2) is 0 Å². The lowest BCUT2D eigenvalue weighted by molar-refractivity contribution is 0.366. The lowest BCUT2D eigenvalue weighted by Gasteiger charge is -2.23. The molecule has 2 unspecified atom stereocenters. The smallest absolute Gasteiger partial charge is 0.101 e. The van der Waals surface area contributed by atoms with Gasteiger partial charge in [-0.05, 0) is 31.9 Å². The fourth-order valence-electron chi connectivity index (χ4n) is 2.12. The Labute approximate surface area is 93.1 Å². The second kappa shape index (κ2) is 5.96. The Morgan fingerprint density at radius 3 is 2.60 bits per heavy atom. The first-order chi connectivity index (χ1) is 7.19. The second-order valence-corrected chi connectivity index (χ2v) is 4.29. The van der Waals surface area contributed by atoms with E-state index in [0.717, 1.165) is 12.3 Å². The molecule has 0 saturated carbocycles. The summed E-state index contributed by atoms with van der Waals surface area (Å²) in [5.74, 6) is 1.66. The van der Waals surface area contributed by atoms with Crippen molar-refractivity contribution in [2.45, 2.75) is 46.6 Å². The van der Waals surface area contributed by atoms with Gasteiger partial charge in [-0.2, -0.15) is 0 Å². The Balaban J connectivity index is 2.72.